The van der Waals surface area contributed by atoms with Crippen molar-refractivity contribution < 1.29 is 4.74 Å². The van der Waals surface area contributed by atoms with Crippen LogP contribution >= 0.6 is 0 Å². The molecule has 2 heterocycles. The van der Waals surface area contributed by atoms with Crippen molar-refractivity contribution in [3.63, 3.8) is 0 Å². The second kappa shape index (κ2) is 6.58. The van der Waals surface area contributed by atoms with Crippen LogP contribution in [0.5, 0.6) is 0 Å². The number of ether oxygens (including phenoxy) is 1. The van der Waals surface area contributed by atoms with Crippen LogP contribution in [0.3, 0.4) is 0 Å². The SMILES string of the molecule is COCCCN1CCC(C2CCNCC2)C1. The van der Waals surface area contributed by atoms with Crippen molar-refractivity contribution >= 4 is 0 Å². The maximum absolute atomic E-state index is 5.11. The van der Waals surface area contributed by atoms with E-state index in [-0.39, 0.29) is 0 Å². The quantitative estimate of drug-likeness (QED) is 0.716. The highest BCUT2D eigenvalue weighted by molar-refractivity contribution is 4.83. The molecule has 16 heavy (non-hydrogen) atoms. The molecule has 3 heteroatoms. The molecule has 0 radical (unpaired) electrons. The van der Waals surface area contributed by atoms with Crippen LogP contribution in [0.4, 0.5) is 0 Å². The minimum atomic E-state index is 0.911. The summed E-state index contributed by atoms with van der Waals surface area (Å²) in [5.41, 5.74) is 0. The molecular weight excluding hydrogens is 200 g/mol. The van der Waals surface area contributed by atoms with E-state index in [1.807, 2.05) is 0 Å². The fourth-order valence-corrected chi connectivity index (χ4v) is 3.20. The summed E-state index contributed by atoms with van der Waals surface area (Å²) in [6, 6.07) is 0. The lowest BCUT2D eigenvalue weighted by molar-refractivity contribution is 0.175. The van der Waals surface area contributed by atoms with Gasteiger partial charge in [-0.2, -0.15) is 0 Å². The monoisotopic (exact) mass is 226 g/mol. The van der Waals surface area contributed by atoms with Gasteiger partial charge in [0.1, 0.15) is 0 Å². The molecule has 1 atom stereocenters. The van der Waals surface area contributed by atoms with Gasteiger partial charge < -0.3 is 15.0 Å². The van der Waals surface area contributed by atoms with Crippen LogP contribution in [0.25, 0.3) is 0 Å². The van der Waals surface area contributed by atoms with Crippen molar-refractivity contribution in [1.29, 1.82) is 0 Å². The number of likely N-dealkylation sites (tertiary alicyclic amines) is 1. The van der Waals surface area contributed by atoms with Crippen LogP contribution in [-0.2, 0) is 4.74 Å². The summed E-state index contributed by atoms with van der Waals surface area (Å²) in [6.45, 7) is 7.28. The average Bonchev–Trinajstić information content (AvgIpc) is 2.79. The molecule has 1 unspecified atom stereocenters. The number of rotatable bonds is 5. The fraction of sp³-hybridized carbons (Fsp3) is 1.00. The highest BCUT2D eigenvalue weighted by Crippen LogP contribution is 2.29. The molecule has 0 aliphatic carbocycles. The van der Waals surface area contributed by atoms with E-state index in [4.69, 9.17) is 4.74 Å². The van der Waals surface area contributed by atoms with Gasteiger partial charge in [0.2, 0.25) is 0 Å². The second-order valence-corrected chi connectivity index (χ2v) is 5.28. The number of piperidine rings is 1. The maximum Gasteiger partial charge on any atom is 0.0474 e. The van der Waals surface area contributed by atoms with Crippen LogP contribution in [0.2, 0.25) is 0 Å². The van der Waals surface area contributed by atoms with Crippen molar-refractivity contribution in [2.45, 2.75) is 25.7 Å². The molecule has 2 saturated heterocycles. The first-order valence-electron chi connectivity index (χ1n) is 6.82. The van der Waals surface area contributed by atoms with E-state index in [1.54, 1.807) is 7.11 Å². The Hall–Kier alpha value is -0.120. The molecule has 2 aliphatic heterocycles. The Morgan fingerprint density at radius 1 is 1.19 bits per heavy atom. The number of methoxy groups -OCH3 is 1. The van der Waals surface area contributed by atoms with Gasteiger partial charge in [-0.15, -0.1) is 0 Å². The zero-order valence-corrected chi connectivity index (χ0v) is 10.6. The van der Waals surface area contributed by atoms with Crippen molar-refractivity contribution in [3.8, 4) is 0 Å². The highest BCUT2D eigenvalue weighted by Gasteiger charge is 2.29. The molecule has 0 aromatic heterocycles. The van der Waals surface area contributed by atoms with Gasteiger partial charge >= 0.3 is 0 Å². The summed E-state index contributed by atoms with van der Waals surface area (Å²) in [7, 11) is 1.79. The van der Waals surface area contributed by atoms with E-state index < -0.39 is 0 Å². The van der Waals surface area contributed by atoms with Gasteiger partial charge in [-0.05, 0) is 57.2 Å². The molecule has 3 nitrogen and oxygen atoms in total. The van der Waals surface area contributed by atoms with Gasteiger partial charge in [-0.1, -0.05) is 0 Å². The lowest BCUT2D eigenvalue weighted by atomic mass is 9.84. The normalized spacial score (nSPS) is 28.7. The summed E-state index contributed by atoms with van der Waals surface area (Å²) < 4.78 is 5.11. The Morgan fingerprint density at radius 2 is 2.00 bits per heavy atom. The van der Waals surface area contributed by atoms with Gasteiger partial charge in [-0.25, -0.2) is 0 Å². The highest BCUT2D eigenvalue weighted by atomic mass is 16.5. The van der Waals surface area contributed by atoms with E-state index in [9.17, 15) is 0 Å². The van der Waals surface area contributed by atoms with Crippen LogP contribution in [0.15, 0.2) is 0 Å². The third-order valence-corrected chi connectivity index (χ3v) is 4.18. The van der Waals surface area contributed by atoms with Crippen LogP contribution in [0.1, 0.15) is 25.7 Å². The minimum Gasteiger partial charge on any atom is -0.385 e. The van der Waals surface area contributed by atoms with Gasteiger partial charge in [0.25, 0.3) is 0 Å². The molecule has 2 rings (SSSR count). The van der Waals surface area contributed by atoms with E-state index in [1.165, 1.54) is 58.4 Å². The predicted molar refractivity (Wildman–Crippen MR) is 66.6 cm³/mol. The van der Waals surface area contributed by atoms with Gasteiger partial charge in [0, 0.05) is 26.8 Å². The van der Waals surface area contributed by atoms with Crippen molar-refractivity contribution in [2.75, 3.05) is 46.4 Å². The van der Waals surface area contributed by atoms with Crippen molar-refractivity contribution in [3.05, 3.63) is 0 Å². The smallest absolute Gasteiger partial charge is 0.0474 e. The summed E-state index contributed by atoms with van der Waals surface area (Å²) in [5.74, 6) is 1.97. The first-order chi connectivity index (χ1) is 7.90. The number of hydrogen-bond donors (Lipinski definition) is 1. The molecule has 0 amide bonds. The Labute approximate surface area is 99.5 Å². The summed E-state index contributed by atoms with van der Waals surface area (Å²) in [6.07, 6.45) is 5.42. The summed E-state index contributed by atoms with van der Waals surface area (Å²) in [4.78, 5) is 2.63. The van der Waals surface area contributed by atoms with Crippen molar-refractivity contribution in [2.24, 2.45) is 11.8 Å². The van der Waals surface area contributed by atoms with Gasteiger partial charge in [0.15, 0.2) is 0 Å². The van der Waals surface area contributed by atoms with Crippen LogP contribution < -0.4 is 5.32 Å². The molecule has 2 aliphatic rings. The lowest BCUT2D eigenvalue weighted by Crippen LogP contribution is -2.33. The Morgan fingerprint density at radius 3 is 2.75 bits per heavy atom. The first-order valence-corrected chi connectivity index (χ1v) is 6.82. The van der Waals surface area contributed by atoms with Gasteiger partial charge in [-0.3, -0.25) is 0 Å². The number of nitrogens with zero attached hydrogens (tertiary/aromatic N) is 1. The maximum atomic E-state index is 5.11. The average molecular weight is 226 g/mol. The first kappa shape index (κ1) is 12.3. The molecule has 0 saturated carbocycles. The lowest BCUT2D eigenvalue weighted by Gasteiger charge is -2.28. The molecule has 0 spiro atoms. The van der Waals surface area contributed by atoms with E-state index >= 15 is 0 Å². The van der Waals surface area contributed by atoms with E-state index in [0.717, 1.165) is 18.4 Å². The molecular formula is C13H26N2O. The zero-order chi connectivity index (χ0) is 11.2. The molecule has 0 aromatic carbocycles. The topological polar surface area (TPSA) is 24.5 Å². The predicted octanol–water partition coefficient (Wildman–Crippen LogP) is 1.34. The standard InChI is InChI=1S/C13H26N2O/c1-16-10-2-8-15-9-5-13(11-15)12-3-6-14-7-4-12/h12-14H,2-11H2,1H3. The second-order valence-electron chi connectivity index (χ2n) is 5.28. The minimum absolute atomic E-state index is 0.911. The summed E-state index contributed by atoms with van der Waals surface area (Å²) in [5, 5.41) is 3.46. The Bertz CT molecular complexity index is 192. The molecule has 0 bridgehead atoms. The van der Waals surface area contributed by atoms with Gasteiger partial charge in [0.05, 0.1) is 0 Å². The Balaban J connectivity index is 1.66. The van der Waals surface area contributed by atoms with E-state index in [2.05, 4.69) is 10.2 Å². The zero-order valence-electron chi connectivity index (χ0n) is 10.6. The largest absolute Gasteiger partial charge is 0.385 e. The molecule has 0 aromatic rings. The molecule has 1 N–H and O–H groups in total. The third-order valence-electron chi connectivity index (χ3n) is 4.18. The van der Waals surface area contributed by atoms with Crippen LogP contribution in [-0.4, -0.2) is 51.3 Å². The molecule has 2 fully saturated rings. The number of hydrogen-bond acceptors (Lipinski definition) is 3. The fourth-order valence-electron chi connectivity index (χ4n) is 3.20. The third kappa shape index (κ3) is 3.44. The molecule has 94 valence electrons. The summed E-state index contributed by atoms with van der Waals surface area (Å²) >= 11 is 0. The Kier molecular flexibility index (Phi) is 5.07. The van der Waals surface area contributed by atoms with Crippen molar-refractivity contribution in [1.82, 2.24) is 10.2 Å². The van der Waals surface area contributed by atoms with Crippen LogP contribution in [0, 0.1) is 11.8 Å². The van der Waals surface area contributed by atoms with E-state index in [0.29, 0.717) is 0 Å². The number of nitrogens with one attached hydrogen (secondary N) is 1.